The summed E-state index contributed by atoms with van der Waals surface area (Å²) in [5.74, 6) is 1.56. The predicted molar refractivity (Wildman–Crippen MR) is 55.9 cm³/mol. The highest BCUT2D eigenvalue weighted by atomic mass is 16.1. The van der Waals surface area contributed by atoms with Crippen LogP contribution in [0.15, 0.2) is 0 Å². The average Bonchev–Trinajstić information content (AvgIpc) is 2.79. The summed E-state index contributed by atoms with van der Waals surface area (Å²) in [4.78, 5) is 11.1. The minimum Gasteiger partial charge on any atom is -0.356 e. The fourth-order valence-electron chi connectivity index (χ4n) is 3.05. The Labute approximate surface area is 85.6 Å². The van der Waals surface area contributed by atoms with Crippen LogP contribution in [0.5, 0.6) is 0 Å². The van der Waals surface area contributed by atoms with E-state index in [0.717, 1.165) is 18.9 Å². The van der Waals surface area contributed by atoms with Crippen molar-refractivity contribution in [2.24, 2.45) is 11.8 Å². The van der Waals surface area contributed by atoms with Crippen molar-refractivity contribution in [3.8, 4) is 0 Å². The average molecular weight is 196 g/mol. The summed E-state index contributed by atoms with van der Waals surface area (Å²) in [6.45, 7) is 0.876. The third-order valence-corrected chi connectivity index (χ3v) is 3.76. The summed E-state index contributed by atoms with van der Waals surface area (Å²) >= 11 is 0. The molecule has 1 aliphatic carbocycles. The molecule has 0 aromatic rings. The van der Waals surface area contributed by atoms with E-state index in [1.165, 1.54) is 25.7 Å². The molecule has 0 spiro atoms. The van der Waals surface area contributed by atoms with Crippen LogP contribution < -0.4 is 10.6 Å². The molecule has 2 N–H and O–H groups in total. The maximum absolute atomic E-state index is 11.1. The molecule has 1 saturated heterocycles. The lowest BCUT2D eigenvalue weighted by Gasteiger charge is -2.27. The van der Waals surface area contributed by atoms with Crippen molar-refractivity contribution in [3.05, 3.63) is 0 Å². The smallest absolute Gasteiger partial charge is 0.220 e. The Morgan fingerprint density at radius 1 is 1.36 bits per heavy atom. The predicted octanol–water partition coefficient (Wildman–Crippen LogP) is 0.901. The molecule has 80 valence electrons. The normalized spacial score (nSPS) is 30.6. The van der Waals surface area contributed by atoms with Crippen LogP contribution in [0.4, 0.5) is 0 Å². The van der Waals surface area contributed by atoms with Gasteiger partial charge < -0.3 is 10.6 Å². The fourth-order valence-corrected chi connectivity index (χ4v) is 3.05. The Morgan fingerprint density at radius 3 is 2.57 bits per heavy atom. The first-order chi connectivity index (χ1) is 6.81. The van der Waals surface area contributed by atoms with Gasteiger partial charge in [-0.15, -0.1) is 0 Å². The van der Waals surface area contributed by atoms with Crippen LogP contribution in [0.2, 0.25) is 0 Å². The first kappa shape index (κ1) is 9.97. The van der Waals surface area contributed by atoms with E-state index in [4.69, 9.17) is 0 Å². The van der Waals surface area contributed by atoms with Crippen LogP contribution in [0.25, 0.3) is 0 Å². The van der Waals surface area contributed by atoms with Crippen molar-refractivity contribution in [2.75, 3.05) is 13.6 Å². The lowest BCUT2D eigenvalue weighted by Crippen LogP contribution is -2.40. The molecule has 2 unspecified atom stereocenters. The monoisotopic (exact) mass is 196 g/mol. The van der Waals surface area contributed by atoms with Crippen LogP contribution in [0.1, 0.15) is 32.1 Å². The molecule has 1 amide bonds. The number of rotatable bonds is 3. The summed E-state index contributed by atoms with van der Waals surface area (Å²) in [5, 5.41) is 6.34. The Bertz CT molecular complexity index is 211. The molecule has 2 aliphatic rings. The molecule has 0 bridgehead atoms. The summed E-state index contributed by atoms with van der Waals surface area (Å²) in [7, 11) is 2.03. The summed E-state index contributed by atoms with van der Waals surface area (Å²) in [5.41, 5.74) is 0. The Hall–Kier alpha value is -0.570. The van der Waals surface area contributed by atoms with Gasteiger partial charge >= 0.3 is 0 Å². The molecule has 1 heterocycles. The molecular weight excluding hydrogens is 176 g/mol. The Morgan fingerprint density at radius 2 is 2.07 bits per heavy atom. The van der Waals surface area contributed by atoms with E-state index in [2.05, 4.69) is 10.6 Å². The van der Waals surface area contributed by atoms with Crippen LogP contribution in [0, 0.1) is 11.8 Å². The van der Waals surface area contributed by atoms with E-state index < -0.39 is 0 Å². The second kappa shape index (κ2) is 4.30. The number of amides is 1. The zero-order valence-electron chi connectivity index (χ0n) is 8.88. The van der Waals surface area contributed by atoms with E-state index in [9.17, 15) is 4.79 Å². The van der Waals surface area contributed by atoms with Crippen molar-refractivity contribution in [1.82, 2.24) is 10.6 Å². The summed E-state index contributed by atoms with van der Waals surface area (Å²) in [6.07, 6.45) is 6.16. The highest BCUT2D eigenvalue weighted by Gasteiger charge is 2.34. The fraction of sp³-hybridized carbons (Fsp3) is 0.909. The Balaban J connectivity index is 1.94. The molecule has 0 aromatic carbocycles. The Kier molecular flexibility index (Phi) is 3.06. The van der Waals surface area contributed by atoms with Gasteiger partial charge in [0.05, 0.1) is 0 Å². The van der Waals surface area contributed by atoms with Crippen molar-refractivity contribution in [3.63, 3.8) is 0 Å². The van der Waals surface area contributed by atoms with Crippen LogP contribution in [-0.4, -0.2) is 25.5 Å². The number of carbonyl (C=O) groups excluding carboxylic acids is 1. The molecule has 3 heteroatoms. The SMILES string of the molecule is CNC(C1CCCC1)C1CNC(=O)C1. The van der Waals surface area contributed by atoms with Gasteiger partial charge in [0.1, 0.15) is 0 Å². The summed E-state index contributed by atoms with van der Waals surface area (Å²) < 4.78 is 0. The van der Waals surface area contributed by atoms with Crippen LogP contribution in [0.3, 0.4) is 0 Å². The number of hydrogen-bond donors (Lipinski definition) is 2. The molecular formula is C11H20N2O. The van der Waals surface area contributed by atoms with Gasteiger partial charge in [-0.05, 0) is 25.8 Å². The van der Waals surface area contributed by atoms with Crippen molar-refractivity contribution < 1.29 is 4.79 Å². The van der Waals surface area contributed by atoms with E-state index >= 15 is 0 Å². The van der Waals surface area contributed by atoms with Crippen molar-refractivity contribution in [1.29, 1.82) is 0 Å². The third kappa shape index (κ3) is 1.92. The molecule has 1 aliphatic heterocycles. The maximum Gasteiger partial charge on any atom is 0.220 e. The van der Waals surface area contributed by atoms with Gasteiger partial charge in [0.25, 0.3) is 0 Å². The lowest BCUT2D eigenvalue weighted by atomic mass is 9.86. The van der Waals surface area contributed by atoms with E-state index in [1.54, 1.807) is 0 Å². The third-order valence-electron chi connectivity index (χ3n) is 3.76. The molecule has 2 fully saturated rings. The van der Waals surface area contributed by atoms with Crippen molar-refractivity contribution in [2.45, 2.75) is 38.1 Å². The van der Waals surface area contributed by atoms with Gasteiger partial charge in [-0.25, -0.2) is 0 Å². The minimum absolute atomic E-state index is 0.230. The van der Waals surface area contributed by atoms with Gasteiger partial charge in [-0.3, -0.25) is 4.79 Å². The van der Waals surface area contributed by atoms with Gasteiger partial charge in [-0.2, -0.15) is 0 Å². The van der Waals surface area contributed by atoms with E-state index in [1.807, 2.05) is 7.05 Å². The van der Waals surface area contributed by atoms with Crippen LogP contribution in [-0.2, 0) is 4.79 Å². The van der Waals surface area contributed by atoms with Crippen LogP contribution >= 0.6 is 0 Å². The molecule has 2 rings (SSSR count). The molecule has 1 saturated carbocycles. The first-order valence-electron chi connectivity index (χ1n) is 5.75. The van der Waals surface area contributed by atoms with Gasteiger partial charge in [0, 0.05) is 24.9 Å². The minimum atomic E-state index is 0.230. The number of carbonyl (C=O) groups is 1. The van der Waals surface area contributed by atoms with E-state index in [-0.39, 0.29) is 5.91 Å². The van der Waals surface area contributed by atoms with Gasteiger partial charge in [0.2, 0.25) is 5.91 Å². The number of hydrogen-bond acceptors (Lipinski definition) is 2. The largest absolute Gasteiger partial charge is 0.356 e. The molecule has 14 heavy (non-hydrogen) atoms. The highest BCUT2D eigenvalue weighted by Crippen LogP contribution is 2.32. The zero-order valence-corrected chi connectivity index (χ0v) is 8.88. The highest BCUT2D eigenvalue weighted by molar-refractivity contribution is 5.78. The van der Waals surface area contributed by atoms with Crippen molar-refractivity contribution >= 4 is 5.91 Å². The molecule has 2 atom stereocenters. The summed E-state index contributed by atoms with van der Waals surface area (Å²) in [6, 6.07) is 0.552. The molecule has 3 nitrogen and oxygen atoms in total. The lowest BCUT2D eigenvalue weighted by molar-refractivity contribution is -0.119. The quantitative estimate of drug-likeness (QED) is 0.704. The molecule has 0 radical (unpaired) electrons. The maximum atomic E-state index is 11.1. The second-order valence-corrected chi connectivity index (χ2v) is 4.63. The van der Waals surface area contributed by atoms with Gasteiger partial charge in [0.15, 0.2) is 0 Å². The van der Waals surface area contributed by atoms with E-state index in [0.29, 0.717) is 12.0 Å². The molecule has 0 aromatic heterocycles. The second-order valence-electron chi connectivity index (χ2n) is 4.63. The topological polar surface area (TPSA) is 41.1 Å². The zero-order chi connectivity index (χ0) is 9.97. The first-order valence-corrected chi connectivity index (χ1v) is 5.75. The number of nitrogens with one attached hydrogen (secondary N) is 2. The van der Waals surface area contributed by atoms with Gasteiger partial charge in [-0.1, -0.05) is 12.8 Å². The standard InChI is InChI=1S/C11H20N2O/c1-12-11(8-4-2-3-5-8)9-6-10(14)13-7-9/h8-9,11-12H,2-7H2,1H3,(H,13,14).